The third-order valence-corrected chi connectivity index (χ3v) is 5.90. The molecule has 5 N–H and O–H groups in total. The van der Waals surface area contributed by atoms with E-state index in [1.807, 2.05) is 31.2 Å². The van der Waals surface area contributed by atoms with Crippen LogP contribution >= 0.6 is 0 Å². The van der Waals surface area contributed by atoms with E-state index in [2.05, 4.69) is 26.1 Å². The number of benzene rings is 1. The Bertz CT molecular complexity index is 1320. The predicted molar refractivity (Wildman–Crippen MR) is 151 cm³/mol. The first-order valence-corrected chi connectivity index (χ1v) is 13.4. The number of alkyl carbamates (subject to hydrolysis) is 1. The van der Waals surface area contributed by atoms with Crippen molar-refractivity contribution in [2.45, 2.75) is 52.0 Å². The topological polar surface area (TPSA) is 171 Å². The summed E-state index contributed by atoms with van der Waals surface area (Å²) in [5.74, 6) is -0.342. The molecule has 1 aromatic carbocycles. The molecule has 41 heavy (non-hydrogen) atoms. The third kappa shape index (κ3) is 9.81. The Morgan fingerprint density at radius 3 is 2.59 bits per heavy atom. The van der Waals surface area contributed by atoms with Gasteiger partial charge >= 0.3 is 12.1 Å². The predicted octanol–water partition coefficient (Wildman–Crippen LogP) is 1.53. The largest absolute Gasteiger partial charge is 0.465 e. The molecule has 2 amide bonds. The summed E-state index contributed by atoms with van der Waals surface area (Å²) in [4.78, 5) is 36.5. The second kappa shape index (κ2) is 15.1. The summed E-state index contributed by atoms with van der Waals surface area (Å²) in [5.41, 5.74) is 8.12. The van der Waals surface area contributed by atoms with Crippen LogP contribution in [0.5, 0.6) is 0 Å². The van der Waals surface area contributed by atoms with E-state index in [0.717, 1.165) is 11.1 Å². The molecule has 2 heterocycles. The van der Waals surface area contributed by atoms with Gasteiger partial charge in [0, 0.05) is 6.54 Å². The average molecular weight is 570 g/mol. The standard InChI is InChI=1S/C28H39N7O6/c1-19-8-5-9-20(14-19)16-39-18-22(32-26(37)28(2,3)29)25-34-33-23-11-6-10-21(35(23)25)17-41-27(38)31-12-7-13-40-24(36)15-30-4/h5-6,8-11,14,22,30H,7,12-13,15-18,29H2,1-4H3,(H,31,38)(H,32,37). The number of esters is 1. The highest BCUT2D eigenvalue weighted by molar-refractivity contribution is 5.85. The van der Waals surface area contributed by atoms with Crippen LogP contribution in [0.4, 0.5) is 4.79 Å². The summed E-state index contributed by atoms with van der Waals surface area (Å²) >= 11 is 0. The number of carbonyl (C=O) groups excluding carboxylic acids is 3. The van der Waals surface area contributed by atoms with Gasteiger partial charge in [-0.25, -0.2) is 4.79 Å². The zero-order valence-electron chi connectivity index (χ0n) is 23.9. The van der Waals surface area contributed by atoms with Gasteiger partial charge in [-0.1, -0.05) is 35.9 Å². The normalized spacial score (nSPS) is 12.1. The van der Waals surface area contributed by atoms with E-state index >= 15 is 0 Å². The van der Waals surface area contributed by atoms with Crippen LogP contribution in [0.15, 0.2) is 42.5 Å². The van der Waals surface area contributed by atoms with Crippen molar-refractivity contribution in [2.24, 2.45) is 5.73 Å². The number of pyridine rings is 1. The minimum Gasteiger partial charge on any atom is -0.465 e. The molecule has 222 valence electrons. The zero-order chi connectivity index (χ0) is 29.8. The number of rotatable bonds is 15. The first-order chi connectivity index (χ1) is 19.6. The van der Waals surface area contributed by atoms with Crippen LogP contribution in [0.25, 0.3) is 5.65 Å². The Kier molecular flexibility index (Phi) is 11.6. The van der Waals surface area contributed by atoms with E-state index < -0.39 is 17.7 Å². The molecule has 0 fully saturated rings. The Morgan fingerprint density at radius 2 is 1.85 bits per heavy atom. The first kappa shape index (κ1) is 31.5. The smallest absolute Gasteiger partial charge is 0.407 e. The zero-order valence-corrected chi connectivity index (χ0v) is 23.9. The molecule has 0 aliphatic heterocycles. The Morgan fingerprint density at radius 1 is 1.07 bits per heavy atom. The number of hydrogen-bond acceptors (Lipinski definition) is 10. The number of nitrogens with zero attached hydrogens (tertiary/aromatic N) is 3. The van der Waals surface area contributed by atoms with Gasteiger partial charge in [-0.3, -0.25) is 14.0 Å². The van der Waals surface area contributed by atoms with E-state index in [1.165, 1.54) is 0 Å². The van der Waals surface area contributed by atoms with Crippen molar-refractivity contribution in [1.29, 1.82) is 0 Å². The number of aryl methyl sites for hydroxylation is 1. The van der Waals surface area contributed by atoms with Gasteiger partial charge < -0.3 is 35.9 Å². The molecule has 0 spiro atoms. The minimum atomic E-state index is -1.13. The molecule has 13 heteroatoms. The second-order valence-electron chi connectivity index (χ2n) is 10.1. The van der Waals surface area contributed by atoms with Crippen molar-refractivity contribution >= 4 is 23.6 Å². The highest BCUT2D eigenvalue weighted by atomic mass is 16.5. The van der Waals surface area contributed by atoms with Gasteiger partial charge in [0.1, 0.15) is 12.6 Å². The van der Waals surface area contributed by atoms with Crippen molar-refractivity contribution in [3.05, 3.63) is 65.1 Å². The van der Waals surface area contributed by atoms with E-state index in [1.54, 1.807) is 43.5 Å². The van der Waals surface area contributed by atoms with Crippen LogP contribution in [0.1, 0.15) is 49.0 Å². The minimum absolute atomic E-state index is 0.0848. The summed E-state index contributed by atoms with van der Waals surface area (Å²) in [6.07, 6.45) is -0.189. The molecule has 0 aliphatic rings. The maximum atomic E-state index is 12.8. The van der Waals surface area contributed by atoms with Crippen LogP contribution in [-0.4, -0.2) is 71.5 Å². The Hall–Kier alpha value is -4.07. The summed E-state index contributed by atoms with van der Waals surface area (Å²) in [7, 11) is 1.65. The molecule has 0 aliphatic carbocycles. The van der Waals surface area contributed by atoms with Crippen LogP contribution < -0.4 is 21.7 Å². The van der Waals surface area contributed by atoms with Gasteiger partial charge in [0.25, 0.3) is 0 Å². The Labute approximate surface area is 239 Å². The number of fused-ring (bicyclic) bond motifs is 1. The van der Waals surface area contributed by atoms with E-state index in [4.69, 9.17) is 19.9 Å². The lowest BCUT2D eigenvalue weighted by atomic mass is 10.1. The molecule has 2 aromatic heterocycles. The highest BCUT2D eigenvalue weighted by Crippen LogP contribution is 2.19. The number of amides is 2. The van der Waals surface area contributed by atoms with Gasteiger partial charge in [0.15, 0.2) is 11.5 Å². The van der Waals surface area contributed by atoms with Crippen LogP contribution in [0.2, 0.25) is 0 Å². The van der Waals surface area contributed by atoms with E-state index in [9.17, 15) is 14.4 Å². The van der Waals surface area contributed by atoms with Crippen molar-refractivity contribution < 1.29 is 28.6 Å². The molecule has 0 bridgehead atoms. The van der Waals surface area contributed by atoms with E-state index in [0.29, 0.717) is 30.2 Å². The fraction of sp³-hybridized carbons (Fsp3) is 0.464. The van der Waals surface area contributed by atoms with Gasteiger partial charge in [-0.15, -0.1) is 10.2 Å². The molecule has 3 rings (SSSR count). The summed E-state index contributed by atoms with van der Waals surface area (Å²) in [6, 6.07) is 12.6. The molecule has 3 aromatic rings. The number of likely N-dealkylation sites (N-methyl/N-ethyl adjacent to an activating group) is 1. The lowest BCUT2D eigenvalue weighted by molar-refractivity contribution is -0.142. The number of nitrogens with one attached hydrogen (secondary N) is 3. The van der Waals surface area contributed by atoms with E-state index in [-0.39, 0.29) is 44.8 Å². The maximum Gasteiger partial charge on any atom is 0.407 e. The molecular formula is C28H39N7O6. The lowest BCUT2D eigenvalue weighted by Crippen LogP contribution is -2.51. The molecule has 0 saturated carbocycles. The van der Waals surface area contributed by atoms with Crippen LogP contribution in [0.3, 0.4) is 0 Å². The number of nitrogens with two attached hydrogens (primary N) is 1. The fourth-order valence-electron chi connectivity index (χ4n) is 3.83. The van der Waals surface area contributed by atoms with Gasteiger partial charge in [-0.05, 0) is 51.9 Å². The van der Waals surface area contributed by atoms with Crippen LogP contribution in [-0.2, 0) is 37.0 Å². The lowest BCUT2D eigenvalue weighted by Gasteiger charge is -2.24. The number of aromatic nitrogens is 3. The first-order valence-electron chi connectivity index (χ1n) is 13.4. The van der Waals surface area contributed by atoms with Crippen LogP contribution in [0, 0.1) is 6.92 Å². The monoisotopic (exact) mass is 569 g/mol. The van der Waals surface area contributed by atoms with Crippen molar-refractivity contribution in [2.75, 3.05) is 33.4 Å². The maximum absolute atomic E-state index is 12.8. The van der Waals surface area contributed by atoms with Crippen molar-refractivity contribution in [3.8, 4) is 0 Å². The SMILES string of the molecule is CNCC(=O)OCCCNC(=O)OCc1cccc2nnc(C(COCc3cccc(C)c3)NC(=O)C(C)(C)N)n12. The van der Waals surface area contributed by atoms with Gasteiger partial charge in [0.05, 0.1) is 37.6 Å². The van der Waals surface area contributed by atoms with Crippen molar-refractivity contribution in [3.63, 3.8) is 0 Å². The summed E-state index contributed by atoms with van der Waals surface area (Å²) in [6.45, 7) is 6.16. The molecule has 0 radical (unpaired) electrons. The quantitative estimate of drug-likeness (QED) is 0.155. The summed E-state index contributed by atoms with van der Waals surface area (Å²) in [5, 5.41) is 16.8. The van der Waals surface area contributed by atoms with Crippen molar-refractivity contribution in [1.82, 2.24) is 30.5 Å². The molecule has 1 unspecified atom stereocenters. The Balaban J connectivity index is 1.68. The van der Waals surface area contributed by atoms with Gasteiger partial charge in [0.2, 0.25) is 5.91 Å². The van der Waals surface area contributed by atoms with Gasteiger partial charge in [-0.2, -0.15) is 0 Å². The second-order valence-corrected chi connectivity index (χ2v) is 10.1. The third-order valence-electron chi connectivity index (χ3n) is 5.90. The number of carbonyl (C=O) groups is 3. The average Bonchev–Trinajstić information content (AvgIpc) is 3.35. The summed E-state index contributed by atoms with van der Waals surface area (Å²) < 4.78 is 18.1. The number of hydrogen-bond donors (Lipinski definition) is 4. The fourth-order valence-corrected chi connectivity index (χ4v) is 3.83. The molecule has 0 saturated heterocycles. The molecular weight excluding hydrogens is 530 g/mol. The number of ether oxygens (including phenoxy) is 3. The highest BCUT2D eigenvalue weighted by Gasteiger charge is 2.28. The molecule has 13 nitrogen and oxygen atoms in total. The molecule has 1 atom stereocenters.